The molecule has 1 aromatic carbocycles. The molecule has 0 atom stereocenters. The Kier molecular flexibility index (Phi) is 2.30. The van der Waals surface area contributed by atoms with Crippen LogP contribution in [0.15, 0.2) is 12.1 Å². The number of hydrogen-bond acceptors (Lipinski definition) is 3. The average molecular weight is 173 g/mol. The minimum atomic E-state index is -1.98. The number of benzene rings is 1. The number of hydrogen-bond donors (Lipinski definition) is 3. The third kappa shape index (κ3) is 1.39. The lowest BCUT2D eigenvalue weighted by Crippen LogP contribution is -2.33. The summed E-state index contributed by atoms with van der Waals surface area (Å²) in [5, 5.41) is 17.1. The summed E-state index contributed by atoms with van der Waals surface area (Å²) in [5.74, 6) is -2.05. The first-order valence-electron chi connectivity index (χ1n) is 3.13. The van der Waals surface area contributed by atoms with Crippen molar-refractivity contribution in [2.75, 3.05) is 5.73 Å². The fraction of sp³-hybridized carbons (Fsp3) is 0. The highest BCUT2D eigenvalue weighted by atomic mass is 19.1. The molecule has 0 aliphatic carbocycles. The van der Waals surface area contributed by atoms with Crippen LogP contribution in [0.3, 0.4) is 0 Å². The average Bonchev–Trinajstić information content (AvgIpc) is 2.00. The summed E-state index contributed by atoms with van der Waals surface area (Å²) in [6, 6.07) is 1.79. The van der Waals surface area contributed by atoms with Crippen LogP contribution in [0.25, 0.3) is 0 Å². The first kappa shape index (κ1) is 8.96. The minimum absolute atomic E-state index is 0.436. The van der Waals surface area contributed by atoms with Gasteiger partial charge in [0.05, 0.1) is 0 Å². The smallest absolute Gasteiger partial charge is 0.423 e. The van der Waals surface area contributed by atoms with Crippen molar-refractivity contribution in [3.05, 3.63) is 23.8 Å². The highest BCUT2D eigenvalue weighted by molar-refractivity contribution is 6.58. The minimum Gasteiger partial charge on any atom is -0.423 e. The molecule has 6 heteroatoms. The largest absolute Gasteiger partial charge is 0.491 e. The fourth-order valence-corrected chi connectivity index (χ4v) is 0.786. The molecule has 0 aliphatic rings. The van der Waals surface area contributed by atoms with Crippen LogP contribution in [0.4, 0.5) is 14.5 Å². The molecule has 0 unspecified atom stereocenters. The van der Waals surface area contributed by atoms with Gasteiger partial charge in [0.25, 0.3) is 0 Å². The van der Waals surface area contributed by atoms with Gasteiger partial charge in [-0.2, -0.15) is 0 Å². The lowest BCUT2D eigenvalue weighted by Gasteiger charge is -2.04. The van der Waals surface area contributed by atoms with E-state index < -0.39 is 29.9 Å². The molecule has 0 saturated heterocycles. The monoisotopic (exact) mass is 173 g/mol. The summed E-state index contributed by atoms with van der Waals surface area (Å²) in [6.07, 6.45) is 0. The quantitative estimate of drug-likeness (QED) is 0.385. The molecular formula is C6H6BF2NO2. The van der Waals surface area contributed by atoms with Crippen LogP contribution >= 0.6 is 0 Å². The van der Waals surface area contributed by atoms with Crippen molar-refractivity contribution in [2.24, 2.45) is 0 Å². The second-order valence-corrected chi connectivity index (χ2v) is 2.24. The lowest BCUT2D eigenvalue weighted by molar-refractivity contribution is 0.423. The lowest BCUT2D eigenvalue weighted by atomic mass is 9.79. The highest BCUT2D eigenvalue weighted by Crippen LogP contribution is 2.11. The van der Waals surface area contributed by atoms with E-state index in [1.807, 2.05) is 0 Å². The fourth-order valence-electron chi connectivity index (χ4n) is 0.786. The van der Waals surface area contributed by atoms with Crippen LogP contribution in [-0.4, -0.2) is 17.2 Å². The van der Waals surface area contributed by atoms with Gasteiger partial charge in [0, 0.05) is 5.46 Å². The number of rotatable bonds is 1. The summed E-state index contributed by atoms with van der Waals surface area (Å²) in [5.41, 5.74) is 3.80. The normalized spacial score (nSPS) is 10.0. The molecule has 1 rings (SSSR count). The third-order valence-electron chi connectivity index (χ3n) is 1.43. The van der Waals surface area contributed by atoms with Crippen LogP contribution in [0.2, 0.25) is 0 Å². The van der Waals surface area contributed by atoms with Crippen molar-refractivity contribution in [1.29, 1.82) is 0 Å². The maximum Gasteiger partial charge on any atom is 0.491 e. The van der Waals surface area contributed by atoms with Crippen molar-refractivity contribution in [3.8, 4) is 0 Å². The number of anilines is 1. The van der Waals surface area contributed by atoms with Gasteiger partial charge < -0.3 is 15.8 Å². The Morgan fingerprint density at radius 3 is 2.33 bits per heavy atom. The summed E-state index contributed by atoms with van der Waals surface area (Å²) < 4.78 is 25.3. The predicted octanol–water partition coefficient (Wildman–Crippen LogP) is -0.773. The Bertz CT molecular complexity index is 306. The van der Waals surface area contributed by atoms with Gasteiger partial charge in [-0.1, -0.05) is 6.07 Å². The van der Waals surface area contributed by atoms with E-state index in [1.165, 1.54) is 0 Å². The summed E-state index contributed by atoms with van der Waals surface area (Å²) in [4.78, 5) is 0. The van der Waals surface area contributed by atoms with E-state index in [4.69, 9.17) is 15.8 Å². The Hall–Kier alpha value is -1.14. The Morgan fingerprint density at radius 2 is 1.83 bits per heavy atom. The van der Waals surface area contributed by atoms with E-state index in [0.717, 1.165) is 12.1 Å². The zero-order valence-corrected chi connectivity index (χ0v) is 5.96. The second kappa shape index (κ2) is 3.08. The van der Waals surface area contributed by atoms with Crippen molar-refractivity contribution < 1.29 is 18.8 Å². The summed E-state index contributed by atoms with van der Waals surface area (Å²) in [7, 11) is -1.98. The standard InChI is InChI=1S/C6H6BF2NO2/c8-4-2-1-3(7(11)12)5(9)6(4)10/h1-2,11-12H,10H2. The maximum atomic E-state index is 12.8. The first-order chi connectivity index (χ1) is 5.54. The van der Waals surface area contributed by atoms with Crippen LogP contribution in [-0.2, 0) is 0 Å². The summed E-state index contributed by atoms with van der Waals surface area (Å²) in [6.45, 7) is 0. The van der Waals surface area contributed by atoms with Gasteiger partial charge in [-0.3, -0.25) is 0 Å². The van der Waals surface area contributed by atoms with Gasteiger partial charge >= 0.3 is 7.12 Å². The zero-order valence-electron chi connectivity index (χ0n) is 5.96. The number of nitrogen functional groups attached to an aromatic ring is 1. The van der Waals surface area contributed by atoms with E-state index in [2.05, 4.69) is 0 Å². The second-order valence-electron chi connectivity index (χ2n) is 2.24. The molecule has 1 aromatic rings. The molecule has 0 fully saturated rings. The van der Waals surface area contributed by atoms with Crippen molar-refractivity contribution in [3.63, 3.8) is 0 Å². The first-order valence-corrected chi connectivity index (χ1v) is 3.13. The molecule has 0 aromatic heterocycles. The van der Waals surface area contributed by atoms with Gasteiger partial charge in [-0.25, -0.2) is 8.78 Å². The van der Waals surface area contributed by atoms with Crippen molar-refractivity contribution >= 4 is 18.3 Å². The molecule has 0 heterocycles. The van der Waals surface area contributed by atoms with Gasteiger partial charge in [0.15, 0.2) is 0 Å². The van der Waals surface area contributed by atoms with Crippen molar-refractivity contribution in [2.45, 2.75) is 0 Å². The van der Waals surface area contributed by atoms with Crippen molar-refractivity contribution in [1.82, 2.24) is 0 Å². The molecule has 0 spiro atoms. The van der Waals surface area contributed by atoms with Crippen LogP contribution in [0.5, 0.6) is 0 Å². The summed E-state index contributed by atoms with van der Waals surface area (Å²) >= 11 is 0. The van der Waals surface area contributed by atoms with Crippen LogP contribution in [0, 0.1) is 11.6 Å². The van der Waals surface area contributed by atoms with Crippen LogP contribution < -0.4 is 11.2 Å². The Labute approximate surface area is 67.6 Å². The Morgan fingerprint density at radius 1 is 1.25 bits per heavy atom. The maximum absolute atomic E-state index is 12.8. The third-order valence-corrected chi connectivity index (χ3v) is 1.43. The molecule has 0 aliphatic heterocycles. The van der Waals surface area contributed by atoms with Gasteiger partial charge in [-0.15, -0.1) is 0 Å². The van der Waals surface area contributed by atoms with Gasteiger partial charge in [-0.05, 0) is 6.07 Å². The van der Waals surface area contributed by atoms with E-state index in [0.29, 0.717) is 0 Å². The van der Waals surface area contributed by atoms with E-state index in [-0.39, 0.29) is 0 Å². The molecule has 0 bridgehead atoms. The molecule has 0 saturated carbocycles. The van der Waals surface area contributed by atoms with Crippen LogP contribution in [0.1, 0.15) is 0 Å². The highest BCUT2D eigenvalue weighted by Gasteiger charge is 2.19. The molecular weight excluding hydrogens is 167 g/mol. The number of nitrogens with two attached hydrogens (primary N) is 1. The van der Waals surface area contributed by atoms with Gasteiger partial charge in [0.1, 0.15) is 17.3 Å². The topological polar surface area (TPSA) is 66.5 Å². The van der Waals surface area contributed by atoms with E-state index >= 15 is 0 Å². The molecule has 0 radical (unpaired) electrons. The molecule has 0 amide bonds. The molecule has 64 valence electrons. The Balaban J connectivity index is 3.27. The predicted molar refractivity (Wildman–Crippen MR) is 40.6 cm³/mol. The number of halogens is 2. The van der Waals surface area contributed by atoms with E-state index in [1.54, 1.807) is 0 Å². The van der Waals surface area contributed by atoms with Gasteiger partial charge in [0.2, 0.25) is 0 Å². The SMILES string of the molecule is Nc1c(F)ccc(B(O)O)c1F. The van der Waals surface area contributed by atoms with E-state index in [9.17, 15) is 8.78 Å². The molecule has 12 heavy (non-hydrogen) atoms. The molecule has 3 nitrogen and oxygen atoms in total. The molecule has 4 N–H and O–H groups in total. The zero-order chi connectivity index (χ0) is 9.30.